The predicted octanol–water partition coefficient (Wildman–Crippen LogP) is 6.88. The van der Waals surface area contributed by atoms with Crippen LogP contribution in [-0.2, 0) is 29.6 Å². The van der Waals surface area contributed by atoms with Gasteiger partial charge < -0.3 is 56.1 Å². The zero-order chi connectivity index (χ0) is 38.3. The molecule has 59 heavy (non-hydrogen) atoms. The van der Waals surface area contributed by atoms with Crippen LogP contribution in [0.1, 0.15) is 11.1 Å². The van der Waals surface area contributed by atoms with Crippen LogP contribution < -0.4 is 65.2 Å². The Bertz CT molecular complexity index is 2370. The van der Waals surface area contributed by atoms with E-state index in [4.69, 9.17) is 42.0 Å². The molecule has 0 spiro atoms. The van der Waals surface area contributed by atoms with Crippen molar-refractivity contribution in [1.29, 1.82) is 0 Å². The van der Waals surface area contributed by atoms with Crippen LogP contribution in [-0.4, -0.2) is 14.1 Å². The predicted molar refractivity (Wildman–Crippen MR) is 239 cm³/mol. The topological polar surface area (TPSA) is 84.2 Å². The van der Waals surface area contributed by atoms with E-state index in [1.54, 1.807) is 0 Å². The summed E-state index contributed by atoms with van der Waals surface area (Å²) in [5.74, 6) is 0. The Morgan fingerprint density at radius 2 is 0.780 bits per heavy atom. The fourth-order valence-corrected chi connectivity index (χ4v) is 7.26. The molecule has 0 radical (unpaired) electrons. The van der Waals surface area contributed by atoms with Gasteiger partial charge in [0.15, 0.2) is 25.5 Å². The second-order valence-corrected chi connectivity index (χ2v) is 17.4. The van der Waals surface area contributed by atoms with Crippen molar-refractivity contribution in [1.82, 2.24) is 12.3 Å². The van der Waals surface area contributed by atoms with Crippen LogP contribution in [0.3, 0.4) is 0 Å². The molecule has 2 aromatic heterocycles. The molecule has 0 fully saturated rings. The summed E-state index contributed by atoms with van der Waals surface area (Å²) in [4.78, 5) is 4.42. The van der Waals surface area contributed by atoms with Crippen LogP contribution in [0.15, 0.2) is 170 Å². The number of halogens is 6. The zero-order valence-electron chi connectivity index (χ0n) is 32.4. The number of hydrogen-bond donors (Lipinski definition) is 2. The Labute approximate surface area is 394 Å². The van der Waals surface area contributed by atoms with Gasteiger partial charge in [0.2, 0.25) is 11.0 Å². The third kappa shape index (κ3) is 11.9. The van der Waals surface area contributed by atoms with Crippen molar-refractivity contribution >= 4 is 86.6 Å². The third-order valence-corrected chi connectivity index (χ3v) is 10.4. The van der Waals surface area contributed by atoms with Gasteiger partial charge in [0.05, 0.1) is 22.1 Å². The van der Waals surface area contributed by atoms with Gasteiger partial charge in [-0.15, -0.1) is 0 Å². The van der Waals surface area contributed by atoms with E-state index in [0.717, 1.165) is 45.9 Å². The maximum atomic E-state index is 6.15. The molecule has 0 saturated carbocycles. The van der Waals surface area contributed by atoms with Crippen LogP contribution in [0.2, 0.25) is 10.0 Å². The molecule has 6 nitrogen and oxygen atoms in total. The number of hydrogen-bond acceptors (Lipinski definition) is 4. The first kappa shape index (κ1) is 49.8. The van der Waals surface area contributed by atoms with Gasteiger partial charge in [-0.3, -0.25) is 0 Å². The van der Waals surface area contributed by atoms with Crippen molar-refractivity contribution in [2.75, 3.05) is 23.9 Å². The molecule has 6 aromatic carbocycles. The van der Waals surface area contributed by atoms with Crippen LogP contribution in [0.25, 0.3) is 32.9 Å². The van der Waals surface area contributed by atoms with E-state index in [1.807, 2.05) is 24.3 Å². The Kier molecular flexibility index (Phi) is 19.8. The maximum absolute atomic E-state index is 6.15. The molecule has 0 atom stereocenters. The van der Waals surface area contributed by atoms with E-state index in [9.17, 15) is 0 Å². The summed E-state index contributed by atoms with van der Waals surface area (Å²) in [7, 11) is 13.9. The average molecular weight is 1180 g/mol. The average Bonchev–Trinajstić information content (AvgIpc) is 3.22. The van der Waals surface area contributed by atoms with Crippen molar-refractivity contribution < 1.29 is 59.6 Å². The van der Waals surface area contributed by atoms with Gasteiger partial charge >= 0.3 is 35.3 Å². The van der Waals surface area contributed by atoms with Gasteiger partial charge in [0.25, 0.3) is 0 Å². The first-order chi connectivity index (χ1) is 26.8. The Morgan fingerprint density at radius 3 is 1.12 bits per heavy atom. The summed E-state index contributed by atoms with van der Waals surface area (Å²) in [6.07, 6.45) is 4.37. The SMILES string of the molecule is CN(c1ccc(Cl)cc1)c1cc[n+](Cc2ccc(-c3ccc(C[n+]4ccc(N(C)c5ccc(Cl)cc5)c5ccccc54)cc3)cc2)c2ccccc12.N.N.[Br-].[Br-].[Cl][Pt][Cl]. The first-order valence-electron chi connectivity index (χ1n) is 17.6. The minimum absolute atomic E-state index is 0. The Morgan fingerprint density at radius 1 is 0.458 bits per heavy atom. The van der Waals surface area contributed by atoms with Gasteiger partial charge in [-0.2, -0.15) is 9.13 Å². The number of anilines is 4. The molecule has 0 aliphatic rings. The van der Waals surface area contributed by atoms with Gasteiger partial charge in [0.1, 0.15) is 0 Å². The molecule has 310 valence electrons. The monoisotopic (exact) mass is 1170 g/mol. The summed E-state index contributed by atoms with van der Waals surface area (Å²) < 4.78 is 4.64. The van der Waals surface area contributed by atoms with E-state index >= 15 is 0 Å². The van der Waals surface area contributed by atoms with Gasteiger partial charge in [0, 0.05) is 70.9 Å². The molecule has 8 rings (SSSR count). The molecule has 0 unspecified atom stereocenters. The number of para-hydroxylation sites is 2. The molecule has 6 N–H and O–H groups in total. The van der Waals surface area contributed by atoms with Crippen LogP contribution in [0.5, 0.6) is 0 Å². The molecule has 0 saturated heterocycles. The molecule has 2 heterocycles. The molecule has 0 amide bonds. The molecule has 0 aliphatic heterocycles. The van der Waals surface area contributed by atoms with Gasteiger partial charge in [-0.25, -0.2) is 0 Å². The molecule has 13 heteroatoms. The number of benzene rings is 6. The van der Waals surface area contributed by atoms with Gasteiger partial charge in [-0.05, 0) is 71.8 Å². The Hall–Kier alpha value is -3.53. The summed E-state index contributed by atoms with van der Waals surface area (Å²) in [5.41, 5.74) is 11.8. The van der Waals surface area contributed by atoms with E-state index in [0.29, 0.717) is 0 Å². The fourth-order valence-electron chi connectivity index (χ4n) is 7.01. The Balaban J connectivity index is 0.00000129. The number of fused-ring (bicyclic) bond motifs is 2. The van der Waals surface area contributed by atoms with E-state index in [-0.39, 0.29) is 46.3 Å². The number of pyridine rings is 2. The molecule has 0 aliphatic carbocycles. The van der Waals surface area contributed by atoms with Crippen molar-refractivity contribution in [2.45, 2.75) is 13.1 Å². The third-order valence-electron chi connectivity index (χ3n) is 9.90. The fraction of sp³-hybridized carbons (Fsp3) is 0.0870. The summed E-state index contributed by atoms with van der Waals surface area (Å²) >= 11 is 11.8. The molecule has 0 bridgehead atoms. The summed E-state index contributed by atoms with van der Waals surface area (Å²) in [5, 5.41) is 3.88. The molecule has 8 aromatic rings. The number of nitrogens with zero attached hydrogens (tertiary/aromatic N) is 4. The van der Waals surface area contributed by atoms with Crippen molar-refractivity contribution in [3.05, 3.63) is 191 Å². The second kappa shape index (κ2) is 23.5. The van der Waals surface area contributed by atoms with E-state index in [1.165, 1.54) is 44.1 Å². The van der Waals surface area contributed by atoms with Crippen molar-refractivity contribution in [2.24, 2.45) is 0 Å². The number of rotatable bonds is 9. The standard InChI is InChI=1S/C46H38Cl2N4.2BrH.2ClH.2H3N.Pt/c1-49(39-23-19-37(47)20-24-39)43-27-29-51(45-9-5-3-7-41(43)45)31-33-11-15-35(16-12-33)36-17-13-34(14-18-36)32-52-30-28-44(42-8-4-6-10-46(42)52)50(2)40-25-21-38(48)22-26-40;;;;;;;/h3-30H,31-32H2,1-2H3;4*1H;2*1H3;/q+2;;;;;;;+2/p-4. The van der Waals surface area contributed by atoms with E-state index in [2.05, 4.69) is 179 Å². The molecular formula is C46H44Br2Cl4N6Pt. The van der Waals surface area contributed by atoms with Crippen LogP contribution >= 0.6 is 42.0 Å². The van der Waals surface area contributed by atoms with Crippen molar-refractivity contribution in [3.63, 3.8) is 0 Å². The summed E-state index contributed by atoms with van der Waals surface area (Å²) in [6, 6.07) is 55.4. The van der Waals surface area contributed by atoms with Crippen molar-refractivity contribution in [3.8, 4) is 11.1 Å². The van der Waals surface area contributed by atoms with Gasteiger partial charge in [-0.1, -0.05) is 96.0 Å². The number of aromatic nitrogens is 2. The van der Waals surface area contributed by atoms with Crippen LogP contribution in [0, 0.1) is 0 Å². The molecular weight excluding hydrogens is 1130 g/mol. The van der Waals surface area contributed by atoms with E-state index < -0.39 is 16.5 Å². The quantitative estimate of drug-likeness (QED) is 0.155. The zero-order valence-corrected chi connectivity index (χ0v) is 40.8. The normalized spacial score (nSPS) is 10.3. The minimum atomic E-state index is -0.472. The second-order valence-electron chi connectivity index (χ2n) is 13.2. The summed E-state index contributed by atoms with van der Waals surface area (Å²) in [6.45, 7) is 1.56. The first-order valence-corrected chi connectivity index (χ1v) is 24.0. The van der Waals surface area contributed by atoms with Crippen LogP contribution in [0.4, 0.5) is 22.7 Å².